The summed E-state index contributed by atoms with van der Waals surface area (Å²) in [4.78, 5) is 0. The maximum atomic E-state index is 8.74. The second-order valence-electron chi connectivity index (χ2n) is 5.89. The van der Waals surface area contributed by atoms with E-state index in [-0.39, 0.29) is 0 Å². The first kappa shape index (κ1) is 30.8. The minimum absolute atomic E-state index is 0.346. The molecule has 0 unspecified atom stereocenters. The summed E-state index contributed by atoms with van der Waals surface area (Å²) in [6, 6.07) is 0. The van der Waals surface area contributed by atoms with Gasteiger partial charge >= 0.3 is 10.4 Å². The molecule has 0 saturated heterocycles. The second-order valence-corrected chi connectivity index (χ2v) is 7.86. The lowest BCUT2D eigenvalue weighted by Gasteiger charge is -2.00. The van der Waals surface area contributed by atoms with E-state index >= 15 is 0 Å². The van der Waals surface area contributed by atoms with Crippen LogP contribution in [0, 0.1) is 0 Å². The molecule has 0 radical (unpaired) electrons. The van der Waals surface area contributed by atoms with Crippen molar-refractivity contribution in [2.75, 3.05) is 13.2 Å². The Morgan fingerprint density at radius 3 is 1.54 bits per heavy atom. The Bertz CT molecular complexity index is 361. The van der Waals surface area contributed by atoms with E-state index in [1.165, 1.54) is 64.2 Å². The second kappa shape index (κ2) is 25.1. The van der Waals surface area contributed by atoms with Crippen LogP contribution in [-0.4, -0.2) is 35.1 Å². The van der Waals surface area contributed by atoms with Crippen molar-refractivity contribution in [3.63, 3.8) is 0 Å². The third kappa shape index (κ3) is 56.4. The van der Waals surface area contributed by atoms with Gasteiger partial charge in [0.05, 0.1) is 6.61 Å². The molecule has 0 aromatic rings. The first-order chi connectivity index (χ1) is 12.2. The standard InChI is InChI=1S/C12H27N.C5H10OS2.H2O4S/c1-2-3-4-5-6-7-8-9-10-11-12-13;1-2-3-4-6-5(7)8;1-5(2,3)4/h2-13H2,1H3;2-4H2,1H3,(H,7,8);(H2,1,2,3,4). The lowest BCUT2D eigenvalue weighted by Crippen LogP contribution is -1.97. The highest BCUT2D eigenvalue weighted by Gasteiger charge is 1.91. The van der Waals surface area contributed by atoms with Crippen LogP contribution in [0.15, 0.2) is 0 Å². The van der Waals surface area contributed by atoms with E-state index < -0.39 is 10.4 Å². The van der Waals surface area contributed by atoms with Gasteiger partial charge in [-0.1, -0.05) is 90.7 Å². The summed E-state index contributed by atoms with van der Waals surface area (Å²) in [6.07, 6.45) is 16.1. The SMILES string of the molecule is CCCCCCCCCCCCN.CCCCOC(=S)S.O=S(=O)(O)O. The number of thiocarbonyl (C=S) groups is 1. The van der Waals surface area contributed by atoms with Crippen LogP contribution in [0.1, 0.15) is 90.9 Å². The number of nitrogens with two attached hydrogens (primary N) is 1. The topological polar surface area (TPSA) is 110 Å². The number of rotatable bonds is 13. The molecule has 0 spiro atoms. The smallest absolute Gasteiger partial charge is 0.394 e. The van der Waals surface area contributed by atoms with Crippen LogP contribution in [0.25, 0.3) is 0 Å². The maximum Gasteiger partial charge on any atom is 0.394 e. The molecule has 0 atom stereocenters. The summed E-state index contributed by atoms with van der Waals surface area (Å²) in [5.74, 6) is 0. The highest BCUT2D eigenvalue weighted by Crippen LogP contribution is 2.09. The molecule has 9 heteroatoms. The molecule has 0 bridgehead atoms. The summed E-state index contributed by atoms with van der Waals surface area (Å²) in [6.45, 7) is 5.95. The summed E-state index contributed by atoms with van der Waals surface area (Å²) in [5, 5.41) is 0. The van der Waals surface area contributed by atoms with Crippen molar-refractivity contribution in [2.45, 2.75) is 90.9 Å². The van der Waals surface area contributed by atoms with Gasteiger partial charge in [0.25, 0.3) is 0 Å². The van der Waals surface area contributed by atoms with Gasteiger partial charge in [0.15, 0.2) is 0 Å². The van der Waals surface area contributed by atoms with Crippen LogP contribution in [0.5, 0.6) is 0 Å². The number of hydrogen-bond donors (Lipinski definition) is 4. The molecular formula is C17H39NO5S3. The number of thiol groups is 1. The van der Waals surface area contributed by atoms with Crippen LogP contribution in [0.3, 0.4) is 0 Å². The summed E-state index contributed by atoms with van der Waals surface area (Å²) < 4.78 is 36.8. The molecule has 0 fully saturated rings. The van der Waals surface area contributed by atoms with Crippen molar-refractivity contribution in [1.29, 1.82) is 0 Å². The van der Waals surface area contributed by atoms with E-state index in [4.69, 9.17) is 28.0 Å². The Labute approximate surface area is 171 Å². The molecular weight excluding hydrogens is 394 g/mol. The fourth-order valence-electron chi connectivity index (χ4n) is 1.94. The van der Waals surface area contributed by atoms with Gasteiger partial charge in [-0.25, -0.2) is 0 Å². The van der Waals surface area contributed by atoms with Gasteiger partial charge in [-0.2, -0.15) is 8.42 Å². The summed E-state index contributed by atoms with van der Waals surface area (Å²) in [7, 11) is -4.67. The van der Waals surface area contributed by atoms with Gasteiger partial charge < -0.3 is 10.5 Å². The molecule has 0 aliphatic rings. The first-order valence-corrected chi connectivity index (χ1v) is 11.7. The van der Waals surface area contributed by atoms with Gasteiger partial charge in [-0.3, -0.25) is 9.11 Å². The molecule has 4 N–H and O–H groups in total. The molecule has 0 amide bonds. The molecule has 0 aromatic carbocycles. The molecule has 0 rings (SSSR count). The molecule has 0 aromatic heterocycles. The van der Waals surface area contributed by atoms with Crippen molar-refractivity contribution in [3.05, 3.63) is 0 Å². The average Bonchev–Trinajstić information content (AvgIpc) is 2.52. The lowest BCUT2D eigenvalue weighted by molar-refractivity contribution is 0.313. The van der Waals surface area contributed by atoms with E-state index in [9.17, 15) is 0 Å². The van der Waals surface area contributed by atoms with Crippen molar-refractivity contribution >= 4 is 39.6 Å². The third-order valence-electron chi connectivity index (χ3n) is 3.28. The number of unbranched alkanes of at least 4 members (excludes halogenated alkanes) is 10. The van der Waals surface area contributed by atoms with Gasteiger partial charge in [-0.05, 0) is 31.6 Å². The number of ether oxygens (including phenoxy) is 1. The Morgan fingerprint density at radius 2 is 1.23 bits per heavy atom. The van der Waals surface area contributed by atoms with Crippen molar-refractivity contribution < 1.29 is 22.3 Å². The Balaban J connectivity index is -0.000000346. The largest absolute Gasteiger partial charge is 0.479 e. The lowest BCUT2D eigenvalue weighted by atomic mass is 10.1. The molecule has 160 valence electrons. The Morgan fingerprint density at radius 1 is 0.885 bits per heavy atom. The van der Waals surface area contributed by atoms with E-state index in [1.54, 1.807) is 0 Å². The van der Waals surface area contributed by atoms with Gasteiger partial charge in [0, 0.05) is 0 Å². The molecule has 0 aliphatic heterocycles. The third-order valence-corrected chi connectivity index (χ3v) is 3.53. The quantitative estimate of drug-likeness (QED) is 0.136. The normalized spacial score (nSPS) is 10.2. The first-order valence-electron chi connectivity index (χ1n) is 9.44. The zero-order valence-corrected chi connectivity index (χ0v) is 18.9. The van der Waals surface area contributed by atoms with E-state index in [0.717, 1.165) is 19.4 Å². The monoisotopic (exact) mass is 433 g/mol. The average molecular weight is 434 g/mol. The van der Waals surface area contributed by atoms with Gasteiger partial charge in [0.1, 0.15) is 0 Å². The molecule has 6 nitrogen and oxygen atoms in total. The van der Waals surface area contributed by atoms with Gasteiger partial charge in [-0.15, -0.1) is 0 Å². The maximum absolute atomic E-state index is 8.74. The predicted octanol–water partition coefficient (Wildman–Crippen LogP) is 5.23. The number of hydrogen-bond acceptors (Lipinski definition) is 5. The van der Waals surface area contributed by atoms with E-state index in [0.29, 0.717) is 11.0 Å². The molecule has 26 heavy (non-hydrogen) atoms. The fourth-order valence-corrected chi connectivity index (χ4v) is 2.11. The van der Waals surface area contributed by atoms with Crippen molar-refractivity contribution in [2.24, 2.45) is 5.73 Å². The van der Waals surface area contributed by atoms with Crippen LogP contribution < -0.4 is 5.73 Å². The highest BCUT2D eigenvalue weighted by molar-refractivity contribution is 8.10. The minimum Gasteiger partial charge on any atom is -0.479 e. The minimum atomic E-state index is -4.67. The van der Waals surface area contributed by atoms with Crippen molar-refractivity contribution in [3.8, 4) is 0 Å². The summed E-state index contributed by atoms with van der Waals surface area (Å²) >= 11 is 8.33. The van der Waals surface area contributed by atoms with Crippen molar-refractivity contribution in [1.82, 2.24) is 0 Å². The zero-order chi connectivity index (χ0) is 20.7. The highest BCUT2D eigenvalue weighted by atomic mass is 32.3. The fraction of sp³-hybridized carbons (Fsp3) is 0.941. The van der Waals surface area contributed by atoms with E-state index in [2.05, 4.69) is 38.7 Å². The molecule has 0 heterocycles. The zero-order valence-electron chi connectivity index (χ0n) is 16.4. The van der Waals surface area contributed by atoms with Crippen LogP contribution in [0.2, 0.25) is 0 Å². The van der Waals surface area contributed by atoms with Crippen LogP contribution in [-0.2, 0) is 15.1 Å². The predicted molar refractivity (Wildman–Crippen MR) is 118 cm³/mol. The van der Waals surface area contributed by atoms with E-state index in [1.807, 2.05) is 0 Å². The van der Waals surface area contributed by atoms with Crippen LogP contribution in [0.4, 0.5) is 0 Å². The Kier molecular flexibility index (Phi) is 29.7. The van der Waals surface area contributed by atoms with Gasteiger partial charge in [0.2, 0.25) is 4.38 Å². The molecule has 0 aliphatic carbocycles. The molecule has 0 saturated carbocycles. The Hall–Kier alpha value is 0.0700. The van der Waals surface area contributed by atoms with Crippen LogP contribution >= 0.6 is 24.8 Å². The summed E-state index contributed by atoms with van der Waals surface area (Å²) in [5.41, 5.74) is 5.42.